The van der Waals surface area contributed by atoms with Crippen LogP contribution in [0.5, 0.6) is 0 Å². The van der Waals surface area contributed by atoms with Crippen molar-refractivity contribution in [3.05, 3.63) is 65.2 Å². The van der Waals surface area contributed by atoms with E-state index < -0.39 is 26.7 Å². The van der Waals surface area contributed by atoms with Gasteiger partial charge < -0.3 is 0 Å². The Hall–Kier alpha value is -1.79. The van der Waals surface area contributed by atoms with Gasteiger partial charge in [0.1, 0.15) is 11.6 Å². The average Bonchev–Trinajstić information content (AvgIpc) is 3.11. The van der Waals surface area contributed by atoms with E-state index in [0.29, 0.717) is 18.9 Å². The Morgan fingerprint density at radius 1 is 0.962 bits per heavy atom. The number of fused-ring (bicyclic) bond motifs is 1. The smallest absolute Gasteiger partial charge is 0.181 e. The van der Waals surface area contributed by atoms with Crippen molar-refractivity contribution in [2.24, 2.45) is 0 Å². The Bertz CT molecular complexity index is 909. The van der Waals surface area contributed by atoms with Crippen LogP contribution in [0.15, 0.2) is 47.4 Å². The summed E-state index contributed by atoms with van der Waals surface area (Å²) in [4.78, 5) is 2.11. The van der Waals surface area contributed by atoms with Gasteiger partial charge in [-0.15, -0.1) is 0 Å². The summed E-state index contributed by atoms with van der Waals surface area (Å²) in [7, 11) is -3.72. The highest BCUT2D eigenvalue weighted by Gasteiger charge is 2.38. The maximum absolute atomic E-state index is 13.4. The fourth-order valence-electron chi connectivity index (χ4n) is 4.25. The van der Waals surface area contributed by atoms with Crippen LogP contribution in [0.4, 0.5) is 8.78 Å². The maximum Gasteiger partial charge on any atom is 0.181 e. The molecular weight excluding hydrogens is 356 g/mol. The van der Waals surface area contributed by atoms with E-state index in [9.17, 15) is 17.2 Å². The maximum atomic E-state index is 13.4. The summed E-state index contributed by atoms with van der Waals surface area (Å²) in [5.41, 5.74) is 2.67. The monoisotopic (exact) mass is 377 g/mol. The summed E-state index contributed by atoms with van der Waals surface area (Å²) in [6, 6.07) is 11.1. The summed E-state index contributed by atoms with van der Waals surface area (Å²) < 4.78 is 52.5. The number of benzene rings is 2. The zero-order valence-corrected chi connectivity index (χ0v) is 15.2. The normalized spacial score (nSPS) is 23.8. The molecule has 1 fully saturated rings. The van der Waals surface area contributed by atoms with Gasteiger partial charge in [0.05, 0.1) is 10.1 Å². The van der Waals surface area contributed by atoms with E-state index in [1.807, 2.05) is 12.1 Å². The summed E-state index contributed by atoms with van der Waals surface area (Å²) in [5.74, 6) is -1.71. The van der Waals surface area contributed by atoms with Gasteiger partial charge in [-0.3, -0.25) is 4.90 Å². The van der Waals surface area contributed by atoms with E-state index in [-0.39, 0.29) is 10.9 Å². The molecule has 0 unspecified atom stereocenters. The highest BCUT2D eigenvalue weighted by Crippen LogP contribution is 2.35. The summed E-state index contributed by atoms with van der Waals surface area (Å²) in [6.45, 7) is 1.76. The number of hydrogen-bond donors (Lipinski definition) is 0. The third-order valence-electron chi connectivity index (χ3n) is 5.64. The minimum atomic E-state index is -3.72. The molecule has 0 bridgehead atoms. The third kappa shape index (κ3) is 3.28. The van der Waals surface area contributed by atoms with Crippen molar-refractivity contribution < 1.29 is 17.2 Å². The van der Waals surface area contributed by atoms with Gasteiger partial charge in [-0.1, -0.05) is 24.3 Å². The van der Waals surface area contributed by atoms with Crippen LogP contribution in [0.2, 0.25) is 0 Å². The van der Waals surface area contributed by atoms with Crippen molar-refractivity contribution >= 4 is 9.84 Å². The summed E-state index contributed by atoms with van der Waals surface area (Å²) in [6.07, 6.45) is 2.81. The third-order valence-corrected chi connectivity index (χ3v) is 7.84. The molecule has 2 aliphatic rings. The van der Waals surface area contributed by atoms with Gasteiger partial charge in [0.15, 0.2) is 9.84 Å². The van der Waals surface area contributed by atoms with Crippen molar-refractivity contribution in [2.45, 2.75) is 48.4 Å². The number of nitrogens with zero attached hydrogens (tertiary/aromatic N) is 1. The lowest BCUT2D eigenvalue weighted by Gasteiger charge is -2.33. The summed E-state index contributed by atoms with van der Waals surface area (Å²) >= 11 is 0. The molecule has 0 N–H and O–H groups in total. The zero-order valence-electron chi connectivity index (χ0n) is 14.4. The SMILES string of the molecule is O=S(=O)(c1cc(F)cc(F)c1)[C@H]1CC[C@H](N2CCc3ccccc3C2)C1. The molecule has 4 rings (SSSR count). The van der Waals surface area contributed by atoms with E-state index in [4.69, 9.17) is 0 Å². The largest absolute Gasteiger partial charge is 0.296 e. The predicted molar refractivity (Wildman–Crippen MR) is 95.5 cm³/mol. The van der Waals surface area contributed by atoms with Crippen LogP contribution < -0.4 is 0 Å². The van der Waals surface area contributed by atoms with Gasteiger partial charge in [-0.2, -0.15) is 0 Å². The Balaban J connectivity index is 1.50. The van der Waals surface area contributed by atoms with Crippen LogP contribution in [-0.4, -0.2) is 31.2 Å². The molecule has 2 aromatic carbocycles. The van der Waals surface area contributed by atoms with Crippen LogP contribution in [-0.2, 0) is 22.8 Å². The average molecular weight is 377 g/mol. The van der Waals surface area contributed by atoms with Crippen LogP contribution in [0.1, 0.15) is 30.4 Å². The Labute approximate surface area is 152 Å². The lowest BCUT2D eigenvalue weighted by Crippen LogP contribution is -2.38. The molecule has 6 heteroatoms. The topological polar surface area (TPSA) is 37.4 Å². The molecule has 0 saturated heterocycles. The van der Waals surface area contributed by atoms with Crippen LogP contribution >= 0.6 is 0 Å². The van der Waals surface area contributed by atoms with Crippen molar-refractivity contribution in [1.29, 1.82) is 0 Å². The van der Waals surface area contributed by atoms with Crippen molar-refractivity contribution in [1.82, 2.24) is 4.90 Å². The molecule has 1 saturated carbocycles. The lowest BCUT2D eigenvalue weighted by atomic mass is 9.98. The molecule has 1 heterocycles. The van der Waals surface area contributed by atoms with Gasteiger partial charge in [0.25, 0.3) is 0 Å². The molecule has 1 aliphatic heterocycles. The van der Waals surface area contributed by atoms with Gasteiger partial charge in [-0.05, 0) is 48.9 Å². The van der Waals surface area contributed by atoms with Crippen molar-refractivity contribution in [3.63, 3.8) is 0 Å². The zero-order chi connectivity index (χ0) is 18.3. The molecular formula is C20H21F2NO2S. The van der Waals surface area contributed by atoms with Crippen LogP contribution in [0, 0.1) is 11.6 Å². The Morgan fingerprint density at radius 2 is 1.65 bits per heavy atom. The molecule has 138 valence electrons. The van der Waals surface area contributed by atoms with E-state index in [0.717, 1.165) is 38.1 Å². The molecule has 1 aliphatic carbocycles. The fourth-order valence-corrected chi connectivity index (χ4v) is 6.11. The van der Waals surface area contributed by atoms with E-state index in [1.165, 1.54) is 11.1 Å². The van der Waals surface area contributed by atoms with E-state index >= 15 is 0 Å². The molecule has 0 spiro atoms. The molecule has 26 heavy (non-hydrogen) atoms. The highest BCUT2D eigenvalue weighted by atomic mass is 32.2. The molecule has 2 aromatic rings. The lowest BCUT2D eigenvalue weighted by molar-refractivity contribution is 0.181. The second-order valence-electron chi connectivity index (χ2n) is 7.23. The Morgan fingerprint density at radius 3 is 2.38 bits per heavy atom. The van der Waals surface area contributed by atoms with Gasteiger partial charge in [0, 0.05) is 25.2 Å². The standard InChI is InChI=1S/C20H21F2NO2S/c21-16-9-17(22)11-20(10-16)26(24,25)19-6-5-18(12-19)23-8-7-14-3-1-2-4-15(14)13-23/h1-4,9-11,18-19H,5-8,12-13H2/t18-,19-/m0/s1. The van der Waals surface area contributed by atoms with Gasteiger partial charge in [-0.25, -0.2) is 17.2 Å². The molecule has 2 atom stereocenters. The molecule has 0 aromatic heterocycles. The molecule has 0 radical (unpaired) electrons. The number of rotatable bonds is 3. The van der Waals surface area contributed by atoms with E-state index in [1.54, 1.807) is 0 Å². The first-order valence-corrected chi connectivity index (χ1v) is 10.5. The highest BCUT2D eigenvalue weighted by molar-refractivity contribution is 7.92. The van der Waals surface area contributed by atoms with Gasteiger partial charge in [0.2, 0.25) is 0 Å². The van der Waals surface area contributed by atoms with Gasteiger partial charge >= 0.3 is 0 Å². The second kappa shape index (κ2) is 6.74. The first kappa shape index (κ1) is 17.6. The second-order valence-corrected chi connectivity index (χ2v) is 9.46. The molecule has 3 nitrogen and oxygen atoms in total. The van der Waals surface area contributed by atoms with Crippen LogP contribution in [0.3, 0.4) is 0 Å². The number of halogens is 2. The molecule has 0 amide bonds. The van der Waals surface area contributed by atoms with Crippen LogP contribution in [0.25, 0.3) is 0 Å². The number of hydrogen-bond acceptors (Lipinski definition) is 3. The number of sulfone groups is 1. The quantitative estimate of drug-likeness (QED) is 0.818. The minimum absolute atomic E-state index is 0.196. The van der Waals surface area contributed by atoms with Crippen molar-refractivity contribution in [3.8, 4) is 0 Å². The minimum Gasteiger partial charge on any atom is -0.296 e. The summed E-state index contributed by atoms with van der Waals surface area (Å²) in [5, 5.41) is -0.578. The Kier molecular flexibility index (Phi) is 4.57. The fraction of sp³-hybridized carbons (Fsp3) is 0.400. The first-order valence-electron chi connectivity index (χ1n) is 8.94. The van der Waals surface area contributed by atoms with Crippen molar-refractivity contribution in [2.75, 3.05) is 6.54 Å². The van der Waals surface area contributed by atoms with E-state index in [2.05, 4.69) is 17.0 Å². The first-order chi connectivity index (χ1) is 12.4. The predicted octanol–water partition coefficient (Wildman–Crippen LogP) is 3.72.